The van der Waals surface area contributed by atoms with E-state index in [1.807, 2.05) is 18.2 Å². The molecule has 0 spiro atoms. The first-order valence-corrected chi connectivity index (χ1v) is 9.28. The molecule has 0 saturated heterocycles. The van der Waals surface area contributed by atoms with Crippen LogP contribution in [-0.2, 0) is 4.74 Å². The third-order valence-electron chi connectivity index (χ3n) is 4.76. The standard InChI is InChI=1S/C23H17N3O5/c1-31-23(30)20-18(21(27)26(25-20)16-9-3-2-4-10-16)13-24-19-12-15-8-6-5-7-14(15)11-17(19)22(28)29/h2-13,25H,1H3,(H,28,29). The summed E-state index contributed by atoms with van der Waals surface area (Å²) < 4.78 is 5.98. The first-order chi connectivity index (χ1) is 15.0. The van der Waals surface area contributed by atoms with Crippen LogP contribution >= 0.6 is 0 Å². The largest absolute Gasteiger partial charge is 0.478 e. The normalized spacial score (nSPS) is 11.1. The molecule has 0 fully saturated rings. The molecule has 0 unspecified atom stereocenters. The molecule has 2 N–H and O–H groups in total. The van der Waals surface area contributed by atoms with Crippen LogP contribution in [0.3, 0.4) is 0 Å². The SMILES string of the molecule is COC(=O)c1[nH]n(-c2ccccc2)c(=O)c1C=Nc1cc2ccccc2cc1C(=O)O. The van der Waals surface area contributed by atoms with Gasteiger partial charge in [0.05, 0.1) is 29.6 Å². The zero-order valence-corrected chi connectivity index (χ0v) is 16.4. The van der Waals surface area contributed by atoms with Gasteiger partial charge in [-0.3, -0.25) is 14.9 Å². The molecule has 154 valence electrons. The molecule has 1 aromatic heterocycles. The summed E-state index contributed by atoms with van der Waals surface area (Å²) in [5, 5.41) is 13.9. The minimum absolute atomic E-state index is 0.0199. The summed E-state index contributed by atoms with van der Waals surface area (Å²) in [6.45, 7) is 0. The van der Waals surface area contributed by atoms with Gasteiger partial charge in [0.25, 0.3) is 5.56 Å². The average Bonchev–Trinajstić information content (AvgIpc) is 3.13. The van der Waals surface area contributed by atoms with Crippen LogP contribution in [0.2, 0.25) is 0 Å². The predicted molar refractivity (Wildman–Crippen MR) is 116 cm³/mol. The molecule has 0 saturated carbocycles. The molecule has 4 rings (SSSR count). The van der Waals surface area contributed by atoms with Crippen molar-refractivity contribution in [2.24, 2.45) is 4.99 Å². The topological polar surface area (TPSA) is 114 Å². The van der Waals surface area contributed by atoms with Crippen molar-refractivity contribution < 1.29 is 19.4 Å². The Bertz CT molecular complexity index is 1380. The number of fused-ring (bicyclic) bond motifs is 1. The van der Waals surface area contributed by atoms with Crippen LogP contribution in [0.4, 0.5) is 5.69 Å². The van der Waals surface area contributed by atoms with Crippen LogP contribution in [0, 0.1) is 0 Å². The highest BCUT2D eigenvalue weighted by molar-refractivity contribution is 6.02. The van der Waals surface area contributed by atoms with Crippen molar-refractivity contribution in [1.82, 2.24) is 9.78 Å². The number of aromatic amines is 1. The van der Waals surface area contributed by atoms with Crippen LogP contribution in [0.1, 0.15) is 26.4 Å². The Kier molecular flexibility index (Phi) is 5.19. The number of nitrogens with zero attached hydrogens (tertiary/aromatic N) is 2. The second-order valence-corrected chi connectivity index (χ2v) is 6.65. The molecule has 3 aromatic carbocycles. The summed E-state index contributed by atoms with van der Waals surface area (Å²) in [6.07, 6.45) is 1.18. The Morgan fingerprint density at radius 3 is 2.32 bits per heavy atom. The van der Waals surface area contributed by atoms with Gasteiger partial charge < -0.3 is 9.84 Å². The number of para-hydroxylation sites is 1. The van der Waals surface area contributed by atoms with Gasteiger partial charge in [-0.25, -0.2) is 14.3 Å². The Balaban J connectivity index is 1.87. The lowest BCUT2D eigenvalue weighted by atomic mass is 10.1. The fourth-order valence-corrected chi connectivity index (χ4v) is 3.23. The first kappa shape index (κ1) is 19.8. The molecule has 0 atom stereocenters. The van der Waals surface area contributed by atoms with Crippen molar-refractivity contribution in [2.45, 2.75) is 0 Å². The second kappa shape index (κ2) is 8.11. The summed E-state index contributed by atoms with van der Waals surface area (Å²) in [5.74, 6) is -1.90. The number of methoxy groups -OCH3 is 1. The van der Waals surface area contributed by atoms with Crippen molar-refractivity contribution in [3.05, 3.63) is 93.9 Å². The molecule has 0 aliphatic rings. The van der Waals surface area contributed by atoms with E-state index >= 15 is 0 Å². The van der Waals surface area contributed by atoms with E-state index in [1.165, 1.54) is 24.1 Å². The molecule has 4 aromatic rings. The predicted octanol–water partition coefficient (Wildman–Crippen LogP) is 3.55. The number of carbonyl (C=O) groups is 2. The minimum Gasteiger partial charge on any atom is -0.478 e. The zero-order valence-electron chi connectivity index (χ0n) is 16.4. The highest BCUT2D eigenvalue weighted by Gasteiger charge is 2.21. The second-order valence-electron chi connectivity index (χ2n) is 6.65. The lowest BCUT2D eigenvalue weighted by molar-refractivity contribution is 0.0592. The van der Waals surface area contributed by atoms with E-state index in [0.29, 0.717) is 5.69 Å². The third kappa shape index (κ3) is 3.74. The fraction of sp³-hybridized carbons (Fsp3) is 0.0435. The van der Waals surface area contributed by atoms with Gasteiger partial charge in [-0.2, -0.15) is 0 Å². The summed E-state index contributed by atoms with van der Waals surface area (Å²) >= 11 is 0. The molecular weight excluding hydrogens is 398 g/mol. The van der Waals surface area contributed by atoms with Crippen LogP contribution in [0.5, 0.6) is 0 Å². The van der Waals surface area contributed by atoms with Crippen molar-refractivity contribution >= 4 is 34.6 Å². The monoisotopic (exact) mass is 415 g/mol. The molecule has 8 heteroatoms. The van der Waals surface area contributed by atoms with Gasteiger partial charge in [0, 0.05) is 6.21 Å². The molecule has 1 heterocycles. The molecule has 31 heavy (non-hydrogen) atoms. The summed E-state index contributed by atoms with van der Waals surface area (Å²) in [5.41, 5.74) is 0.0163. The maximum absolute atomic E-state index is 13.0. The number of aromatic nitrogens is 2. The summed E-state index contributed by atoms with van der Waals surface area (Å²) in [4.78, 5) is 41.2. The number of ether oxygens (including phenoxy) is 1. The highest BCUT2D eigenvalue weighted by Crippen LogP contribution is 2.26. The van der Waals surface area contributed by atoms with E-state index in [1.54, 1.807) is 42.5 Å². The Morgan fingerprint density at radius 2 is 1.68 bits per heavy atom. The van der Waals surface area contributed by atoms with Crippen molar-refractivity contribution in [3.8, 4) is 5.69 Å². The lowest BCUT2D eigenvalue weighted by Gasteiger charge is -2.04. The van der Waals surface area contributed by atoms with E-state index in [2.05, 4.69) is 10.1 Å². The number of H-pyrrole nitrogens is 1. The van der Waals surface area contributed by atoms with Gasteiger partial charge in [-0.05, 0) is 35.0 Å². The van der Waals surface area contributed by atoms with Crippen LogP contribution in [0.15, 0.2) is 76.5 Å². The maximum Gasteiger partial charge on any atom is 0.356 e. The molecule has 0 bridgehead atoms. The lowest BCUT2D eigenvalue weighted by Crippen LogP contribution is -2.17. The molecular formula is C23H17N3O5. The van der Waals surface area contributed by atoms with Gasteiger partial charge >= 0.3 is 11.9 Å². The summed E-state index contributed by atoms with van der Waals surface area (Å²) in [7, 11) is 1.20. The molecule has 0 amide bonds. The fourth-order valence-electron chi connectivity index (χ4n) is 3.23. The van der Waals surface area contributed by atoms with Gasteiger partial charge in [0.2, 0.25) is 0 Å². The van der Waals surface area contributed by atoms with E-state index < -0.39 is 17.5 Å². The number of rotatable bonds is 5. The number of aromatic carboxylic acids is 1. The number of benzene rings is 3. The number of aliphatic imine (C=N–C) groups is 1. The smallest absolute Gasteiger partial charge is 0.356 e. The van der Waals surface area contributed by atoms with E-state index in [9.17, 15) is 19.5 Å². The number of esters is 1. The molecule has 0 aliphatic heterocycles. The number of carbonyl (C=O) groups excluding carboxylic acids is 1. The van der Waals surface area contributed by atoms with Gasteiger partial charge in [-0.15, -0.1) is 0 Å². The van der Waals surface area contributed by atoms with Crippen molar-refractivity contribution in [2.75, 3.05) is 7.11 Å². The number of carboxylic acid groups (broad SMARTS) is 1. The molecule has 0 radical (unpaired) electrons. The number of nitrogens with one attached hydrogen (secondary N) is 1. The third-order valence-corrected chi connectivity index (χ3v) is 4.76. The number of carboxylic acids is 1. The number of hydrogen-bond acceptors (Lipinski definition) is 5. The van der Waals surface area contributed by atoms with E-state index in [-0.39, 0.29) is 22.5 Å². The quantitative estimate of drug-likeness (QED) is 0.382. The van der Waals surface area contributed by atoms with E-state index in [4.69, 9.17) is 4.74 Å². The van der Waals surface area contributed by atoms with Crippen LogP contribution in [0.25, 0.3) is 16.5 Å². The van der Waals surface area contributed by atoms with Crippen molar-refractivity contribution in [1.29, 1.82) is 0 Å². The Labute approximate surface area is 176 Å². The average molecular weight is 415 g/mol. The summed E-state index contributed by atoms with van der Waals surface area (Å²) in [6, 6.07) is 19.1. The minimum atomic E-state index is -1.15. The zero-order chi connectivity index (χ0) is 22.0. The van der Waals surface area contributed by atoms with Crippen LogP contribution in [-0.4, -0.2) is 40.2 Å². The maximum atomic E-state index is 13.0. The van der Waals surface area contributed by atoms with Gasteiger partial charge in [0.1, 0.15) is 0 Å². The Hall–Kier alpha value is -4.46. The highest BCUT2D eigenvalue weighted by atomic mass is 16.5. The number of hydrogen-bond donors (Lipinski definition) is 2. The molecule has 0 aliphatic carbocycles. The Morgan fingerprint density at radius 1 is 1.03 bits per heavy atom. The first-order valence-electron chi connectivity index (χ1n) is 9.28. The van der Waals surface area contributed by atoms with Gasteiger partial charge in [0.15, 0.2) is 5.69 Å². The molecule has 8 nitrogen and oxygen atoms in total. The van der Waals surface area contributed by atoms with E-state index in [0.717, 1.165) is 10.8 Å². The van der Waals surface area contributed by atoms with Crippen molar-refractivity contribution in [3.63, 3.8) is 0 Å². The van der Waals surface area contributed by atoms with Gasteiger partial charge in [-0.1, -0.05) is 42.5 Å². The van der Waals surface area contributed by atoms with Crippen LogP contribution < -0.4 is 5.56 Å².